The molecule has 4 N–H and O–H groups in total. The molecule has 0 fully saturated rings. The number of nitrogens with two attached hydrogens (primary N) is 1. The molecule has 6 heteroatoms. The monoisotopic (exact) mass is 310 g/mol. The Morgan fingerprint density at radius 2 is 1.74 bits per heavy atom. The second-order valence-electron chi connectivity index (χ2n) is 5.08. The van der Waals surface area contributed by atoms with E-state index in [1.54, 1.807) is 37.3 Å². The second-order valence-corrected chi connectivity index (χ2v) is 5.08. The highest BCUT2D eigenvalue weighted by molar-refractivity contribution is 6.39. The Morgan fingerprint density at radius 1 is 1.04 bits per heavy atom. The summed E-state index contributed by atoms with van der Waals surface area (Å²) >= 11 is 0. The van der Waals surface area contributed by atoms with Crippen LogP contribution in [0, 0.1) is 6.92 Å². The van der Waals surface area contributed by atoms with Crippen LogP contribution in [0.15, 0.2) is 53.6 Å². The van der Waals surface area contributed by atoms with E-state index < -0.39 is 11.8 Å². The van der Waals surface area contributed by atoms with Crippen molar-refractivity contribution in [1.29, 1.82) is 0 Å². The van der Waals surface area contributed by atoms with Gasteiger partial charge in [-0.25, -0.2) is 5.43 Å². The lowest BCUT2D eigenvalue weighted by atomic mass is 10.1. The van der Waals surface area contributed by atoms with Crippen molar-refractivity contribution < 1.29 is 9.59 Å². The van der Waals surface area contributed by atoms with Gasteiger partial charge in [0.2, 0.25) is 0 Å². The lowest BCUT2D eigenvalue weighted by Crippen LogP contribution is -2.32. The van der Waals surface area contributed by atoms with E-state index in [0.717, 1.165) is 11.1 Å². The lowest BCUT2D eigenvalue weighted by Gasteiger charge is -2.05. The Kier molecular flexibility index (Phi) is 5.09. The highest BCUT2D eigenvalue weighted by atomic mass is 16.2. The number of aryl methyl sites for hydroxylation is 1. The number of benzene rings is 2. The minimum atomic E-state index is -0.839. The minimum absolute atomic E-state index is 0.548. The third-order valence-electron chi connectivity index (χ3n) is 3.15. The summed E-state index contributed by atoms with van der Waals surface area (Å²) in [5, 5.41) is 6.41. The van der Waals surface area contributed by atoms with Crippen LogP contribution in [0.4, 0.5) is 11.4 Å². The summed E-state index contributed by atoms with van der Waals surface area (Å²) in [5.74, 6) is -1.62. The third kappa shape index (κ3) is 4.67. The van der Waals surface area contributed by atoms with Crippen molar-refractivity contribution in [2.24, 2.45) is 5.10 Å². The fraction of sp³-hybridized carbons (Fsp3) is 0.118. The summed E-state index contributed by atoms with van der Waals surface area (Å²) in [5.41, 5.74) is 11.4. The summed E-state index contributed by atoms with van der Waals surface area (Å²) in [6.45, 7) is 3.65. The average molecular weight is 310 g/mol. The van der Waals surface area contributed by atoms with E-state index >= 15 is 0 Å². The molecule has 0 spiro atoms. The van der Waals surface area contributed by atoms with Crippen molar-refractivity contribution in [3.05, 3.63) is 59.7 Å². The highest BCUT2D eigenvalue weighted by Crippen LogP contribution is 2.09. The van der Waals surface area contributed by atoms with Gasteiger partial charge in [-0.1, -0.05) is 29.8 Å². The van der Waals surface area contributed by atoms with Crippen molar-refractivity contribution >= 4 is 28.9 Å². The number of nitrogens with zero attached hydrogens (tertiary/aromatic N) is 1. The first-order chi connectivity index (χ1) is 11.0. The van der Waals surface area contributed by atoms with E-state index in [9.17, 15) is 9.59 Å². The van der Waals surface area contributed by atoms with E-state index in [0.29, 0.717) is 17.1 Å². The number of nitrogens with one attached hydrogen (secondary N) is 2. The Balaban J connectivity index is 1.96. The summed E-state index contributed by atoms with van der Waals surface area (Å²) in [6.07, 6.45) is 0. The molecule has 0 aliphatic heterocycles. The Morgan fingerprint density at radius 3 is 2.39 bits per heavy atom. The van der Waals surface area contributed by atoms with Gasteiger partial charge in [0, 0.05) is 11.4 Å². The quantitative estimate of drug-likeness (QED) is 0.350. The van der Waals surface area contributed by atoms with Gasteiger partial charge in [-0.15, -0.1) is 0 Å². The molecule has 0 atom stereocenters. The van der Waals surface area contributed by atoms with Crippen LogP contribution in [0.25, 0.3) is 0 Å². The van der Waals surface area contributed by atoms with E-state index in [1.165, 1.54) is 0 Å². The van der Waals surface area contributed by atoms with Crippen LogP contribution < -0.4 is 16.5 Å². The molecule has 118 valence electrons. The molecular formula is C17H18N4O2. The lowest BCUT2D eigenvalue weighted by molar-refractivity contribution is -0.136. The Labute approximate surface area is 134 Å². The van der Waals surface area contributed by atoms with Gasteiger partial charge in [-0.2, -0.15) is 5.10 Å². The molecule has 2 aromatic carbocycles. The zero-order valence-electron chi connectivity index (χ0n) is 13.0. The summed E-state index contributed by atoms with van der Waals surface area (Å²) < 4.78 is 0. The molecule has 0 aromatic heterocycles. The number of amides is 2. The molecular weight excluding hydrogens is 292 g/mol. The maximum Gasteiger partial charge on any atom is 0.329 e. The van der Waals surface area contributed by atoms with Gasteiger partial charge in [-0.05, 0) is 43.7 Å². The molecule has 0 aliphatic rings. The summed E-state index contributed by atoms with van der Waals surface area (Å²) in [4.78, 5) is 23.6. The first-order valence-electron chi connectivity index (χ1n) is 7.04. The maximum absolute atomic E-state index is 11.8. The van der Waals surface area contributed by atoms with Crippen LogP contribution in [0.1, 0.15) is 18.1 Å². The number of rotatable bonds is 3. The van der Waals surface area contributed by atoms with Gasteiger partial charge in [0.05, 0.1) is 5.71 Å². The number of carbonyl (C=O) groups is 2. The van der Waals surface area contributed by atoms with Crippen molar-refractivity contribution in [2.45, 2.75) is 13.8 Å². The van der Waals surface area contributed by atoms with Crippen molar-refractivity contribution in [2.75, 3.05) is 11.1 Å². The largest absolute Gasteiger partial charge is 0.399 e. The fourth-order valence-corrected chi connectivity index (χ4v) is 1.84. The first kappa shape index (κ1) is 16.2. The highest BCUT2D eigenvalue weighted by Gasteiger charge is 2.13. The van der Waals surface area contributed by atoms with Crippen LogP contribution in [-0.2, 0) is 9.59 Å². The van der Waals surface area contributed by atoms with Crippen LogP contribution in [0.5, 0.6) is 0 Å². The van der Waals surface area contributed by atoms with Crippen molar-refractivity contribution in [1.82, 2.24) is 5.43 Å². The maximum atomic E-state index is 11.8. The topological polar surface area (TPSA) is 96.6 Å². The van der Waals surface area contributed by atoms with E-state index in [2.05, 4.69) is 15.8 Å². The average Bonchev–Trinajstić information content (AvgIpc) is 2.54. The molecule has 6 nitrogen and oxygen atoms in total. The van der Waals surface area contributed by atoms with Crippen molar-refractivity contribution in [3.63, 3.8) is 0 Å². The smallest absolute Gasteiger partial charge is 0.329 e. The molecule has 0 radical (unpaired) electrons. The number of nitrogen functional groups attached to an aromatic ring is 1. The molecule has 2 aromatic rings. The number of carbonyl (C=O) groups excluding carboxylic acids is 2. The van der Waals surface area contributed by atoms with Crippen LogP contribution in [0.3, 0.4) is 0 Å². The summed E-state index contributed by atoms with van der Waals surface area (Å²) in [7, 11) is 0. The van der Waals surface area contributed by atoms with Gasteiger partial charge in [0.25, 0.3) is 0 Å². The van der Waals surface area contributed by atoms with Gasteiger partial charge in [-0.3, -0.25) is 9.59 Å². The van der Waals surface area contributed by atoms with E-state index in [4.69, 9.17) is 5.73 Å². The molecule has 0 bridgehead atoms. The van der Waals surface area contributed by atoms with Gasteiger partial charge in [0.1, 0.15) is 0 Å². The standard InChI is InChI=1S/C17H18N4O2/c1-11-6-8-15(9-7-11)19-16(22)17(23)21-20-12(2)13-4-3-5-14(18)10-13/h3-10H,18H2,1-2H3,(H,19,22)(H,21,23)/b20-12-. The molecule has 0 heterocycles. The predicted octanol–water partition coefficient (Wildman–Crippen LogP) is 2.06. The molecule has 0 unspecified atom stereocenters. The van der Waals surface area contributed by atoms with Crippen molar-refractivity contribution in [3.8, 4) is 0 Å². The first-order valence-corrected chi connectivity index (χ1v) is 7.04. The number of hydrogen-bond donors (Lipinski definition) is 3. The van der Waals surface area contributed by atoms with Crippen LogP contribution in [-0.4, -0.2) is 17.5 Å². The fourth-order valence-electron chi connectivity index (χ4n) is 1.84. The van der Waals surface area contributed by atoms with Crippen LogP contribution in [0.2, 0.25) is 0 Å². The molecule has 2 amide bonds. The van der Waals surface area contributed by atoms with E-state index in [-0.39, 0.29) is 0 Å². The molecule has 0 saturated carbocycles. The molecule has 0 aliphatic carbocycles. The predicted molar refractivity (Wildman–Crippen MR) is 91.0 cm³/mol. The zero-order valence-corrected chi connectivity index (χ0v) is 13.0. The number of hydrazone groups is 1. The molecule has 2 rings (SSSR count). The summed E-state index contributed by atoms with van der Waals surface area (Å²) in [6, 6.07) is 14.2. The van der Waals surface area contributed by atoms with Crippen LogP contribution >= 0.6 is 0 Å². The van der Waals surface area contributed by atoms with Gasteiger partial charge < -0.3 is 11.1 Å². The number of hydrogen-bond acceptors (Lipinski definition) is 4. The van der Waals surface area contributed by atoms with Gasteiger partial charge >= 0.3 is 11.8 Å². The van der Waals surface area contributed by atoms with E-state index in [1.807, 2.05) is 25.1 Å². The second kappa shape index (κ2) is 7.22. The third-order valence-corrected chi connectivity index (χ3v) is 3.15. The number of anilines is 2. The zero-order chi connectivity index (χ0) is 16.8. The Bertz CT molecular complexity index is 751. The normalized spacial score (nSPS) is 11.0. The Hall–Kier alpha value is -3.15. The van der Waals surface area contributed by atoms with Gasteiger partial charge in [0.15, 0.2) is 0 Å². The molecule has 0 saturated heterocycles. The minimum Gasteiger partial charge on any atom is -0.399 e. The SMILES string of the molecule is C/C(=N/NC(=O)C(=O)Nc1ccc(C)cc1)c1cccc(N)c1. The molecule has 23 heavy (non-hydrogen) atoms.